The fourth-order valence-electron chi connectivity index (χ4n) is 1.92. The highest BCUT2D eigenvalue weighted by Crippen LogP contribution is 2.33. The van der Waals surface area contributed by atoms with Crippen LogP contribution in [0.3, 0.4) is 0 Å². The van der Waals surface area contributed by atoms with Gasteiger partial charge in [0.2, 0.25) is 0 Å². The first-order chi connectivity index (χ1) is 8.38. The molecule has 1 aromatic rings. The third kappa shape index (κ3) is 3.94. The molecule has 2 heteroatoms. The lowest BCUT2D eigenvalue weighted by atomic mass is 9.87. The zero-order valence-electron chi connectivity index (χ0n) is 12.3. The monoisotopic (exact) mass is 250 g/mol. The fourth-order valence-corrected chi connectivity index (χ4v) is 1.92. The van der Waals surface area contributed by atoms with Crippen molar-refractivity contribution in [2.75, 3.05) is 0 Å². The Hall–Kier alpha value is -1.18. The third-order valence-electron chi connectivity index (χ3n) is 3.19. The summed E-state index contributed by atoms with van der Waals surface area (Å²) in [5.74, 6) is 0.847. The molecular weight excluding hydrogens is 224 g/mol. The van der Waals surface area contributed by atoms with E-state index in [0.29, 0.717) is 5.75 Å². The third-order valence-corrected chi connectivity index (χ3v) is 3.19. The molecule has 0 amide bonds. The second-order valence-corrected chi connectivity index (χ2v) is 5.87. The summed E-state index contributed by atoms with van der Waals surface area (Å²) in [6, 6.07) is 5.66. The number of rotatable bonds is 5. The van der Waals surface area contributed by atoms with Gasteiger partial charge in [0, 0.05) is 0 Å². The summed E-state index contributed by atoms with van der Waals surface area (Å²) in [4.78, 5) is 0. The first kappa shape index (κ1) is 14.9. The highest BCUT2D eigenvalue weighted by Gasteiger charge is 2.17. The van der Waals surface area contributed by atoms with E-state index in [-0.39, 0.29) is 17.3 Å². The Bertz CT molecular complexity index is 377. The molecule has 0 heterocycles. The number of hydrogen-bond acceptors (Lipinski definition) is 2. The largest absolute Gasteiger partial charge is 0.504 e. The van der Waals surface area contributed by atoms with Crippen molar-refractivity contribution in [3.63, 3.8) is 0 Å². The minimum Gasteiger partial charge on any atom is -0.504 e. The van der Waals surface area contributed by atoms with E-state index in [1.165, 1.54) is 5.56 Å². The number of phenols is 1. The van der Waals surface area contributed by atoms with Crippen molar-refractivity contribution in [3.8, 4) is 11.5 Å². The lowest BCUT2D eigenvalue weighted by Crippen LogP contribution is -2.16. The number of ether oxygens (including phenoxy) is 1. The van der Waals surface area contributed by atoms with Crippen LogP contribution in [0, 0.1) is 0 Å². The van der Waals surface area contributed by atoms with Gasteiger partial charge in [0.25, 0.3) is 0 Å². The summed E-state index contributed by atoms with van der Waals surface area (Å²) in [6.45, 7) is 10.7. The van der Waals surface area contributed by atoms with Gasteiger partial charge < -0.3 is 9.84 Å². The molecule has 0 saturated heterocycles. The van der Waals surface area contributed by atoms with Crippen molar-refractivity contribution in [1.29, 1.82) is 0 Å². The smallest absolute Gasteiger partial charge is 0.161 e. The SMILES string of the molecule is CCCC(CC)Oc1cc(C(C)(C)C)ccc1O. The van der Waals surface area contributed by atoms with Gasteiger partial charge in [-0.05, 0) is 36.0 Å². The Morgan fingerprint density at radius 3 is 2.39 bits per heavy atom. The zero-order valence-corrected chi connectivity index (χ0v) is 12.3. The second-order valence-electron chi connectivity index (χ2n) is 5.87. The van der Waals surface area contributed by atoms with E-state index < -0.39 is 0 Å². The molecule has 0 spiro atoms. The minimum atomic E-state index is 0.0677. The maximum atomic E-state index is 9.89. The van der Waals surface area contributed by atoms with Crippen LogP contribution in [0.4, 0.5) is 0 Å². The van der Waals surface area contributed by atoms with Gasteiger partial charge in [0.1, 0.15) is 0 Å². The predicted octanol–water partition coefficient (Wildman–Crippen LogP) is 4.65. The van der Waals surface area contributed by atoms with Gasteiger partial charge >= 0.3 is 0 Å². The quantitative estimate of drug-likeness (QED) is 0.824. The topological polar surface area (TPSA) is 29.5 Å². The highest BCUT2D eigenvalue weighted by atomic mass is 16.5. The Morgan fingerprint density at radius 1 is 1.22 bits per heavy atom. The van der Waals surface area contributed by atoms with E-state index in [4.69, 9.17) is 4.74 Å². The summed E-state index contributed by atoms with van der Waals surface area (Å²) in [7, 11) is 0. The van der Waals surface area contributed by atoms with E-state index in [2.05, 4.69) is 34.6 Å². The standard InChI is InChI=1S/C16H26O2/c1-6-8-13(7-2)18-15-11-12(16(3,4)5)9-10-14(15)17/h9-11,13,17H,6-8H2,1-5H3. The lowest BCUT2D eigenvalue weighted by Gasteiger charge is -2.22. The van der Waals surface area contributed by atoms with Crippen LogP contribution < -0.4 is 4.74 Å². The maximum Gasteiger partial charge on any atom is 0.161 e. The molecule has 0 radical (unpaired) electrons. The van der Waals surface area contributed by atoms with E-state index in [0.717, 1.165) is 19.3 Å². The first-order valence-corrected chi connectivity index (χ1v) is 6.88. The summed E-state index contributed by atoms with van der Waals surface area (Å²) in [6.07, 6.45) is 3.28. The predicted molar refractivity (Wildman–Crippen MR) is 76.4 cm³/mol. The van der Waals surface area contributed by atoms with Gasteiger partial charge in [0.05, 0.1) is 6.10 Å². The highest BCUT2D eigenvalue weighted by molar-refractivity contribution is 5.43. The molecule has 1 atom stereocenters. The van der Waals surface area contributed by atoms with Crippen LogP contribution in [0.5, 0.6) is 11.5 Å². The number of hydrogen-bond donors (Lipinski definition) is 1. The number of benzene rings is 1. The molecule has 0 aliphatic heterocycles. The number of aromatic hydroxyl groups is 1. The molecule has 18 heavy (non-hydrogen) atoms. The Labute approximate surface area is 111 Å². The average molecular weight is 250 g/mol. The molecule has 0 aliphatic carbocycles. The van der Waals surface area contributed by atoms with Gasteiger partial charge in [-0.3, -0.25) is 0 Å². The van der Waals surface area contributed by atoms with Crippen LogP contribution in [0.1, 0.15) is 59.4 Å². The first-order valence-electron chi connectivity index (χ1n) is 6.88. The van der Waals surface area contributed by atoms with Crippen molar-refractivity contribution in [2.45, 2.75) is 65.4 Å². The van der Waals surface area contributed by atoms with E-state index in [9.17, 15) is 5.11 Å². The molecule has 1 rings (SSSR count). The van der Waals surface area contributed by atoms with E-state index in [1.807, 2.05) is 12.1 Å². The van der Waals surface area contributed by atoms with Gasteiger partial charge in [-0.1, -0.05) is 47.1 Å². The number of phenolic OH excluding ortho intramolecular Hbond substituents is 1. The molecular formula is C16H26O2. The van der Waals surface area contributed by atoms with Gasteiger partial charge in [-0.2, -0.15) is 0 Å². The maximum absolute atomic E-state index is 9.89. The molecule has 0 bridgehead atoms. The normalized spacial score (nSPS) is 13.4. The fraction of sp³-hybridized carbons (Fsp3) is 0.625. The van der Waals surface area contributed by atoms with Gasteiger partial charge in [0.15, 0.2) is 11.5 Å². The van der Waals surface area contributed by atoms with E-state index >= 15 is 0 Å². The van der Waals surface area contributed by atoms with Crippen molar-refractivity contribution < 1.29 is 9.84 Å². The van der Waals surface area contributed by atoms with Crippen molar-refractivity contribution in [1.82, 2.24) is 0 Å². The molecule has 0 aromatic heterocycles. The molecule has 0 aliphatic rings. The van der Waals surface area contributed by atoms with Crippen LogP contribution in [-0.4, -0.2) is 11.2 Å². The minimum absolute atomic E-state index is 0.0677. The van der Waals surface area contributed by atoms with Crippen molar-refractivity contribution in [3.05, 3.63) is 23.8 Å². The molecule has 1 N–H and O–H groups in total. The Kier molecular flexibility index (Phi) is 5.06. The van der Waals surface area contributed by atoms with Crippen LogP contribution >= 0.6 is 0 Å². The zero-order chi connectivity index (χ0) is 13.8. The van der Waals surface area contributed by atoms with Crippen LogP contribution in [-0.2, 0) is 5.41 Å². The lowest BCUT2D eigenvalue weighted by molar-refractivity contribution is 0.178. The van der Waals surface area contributed by atoms with Crippen molar-refractivity contribution in [2.24, 2.45) is 0 Å². The molecule has 2 nitrogen and oxygen atoms in total. The second kappa shape index (κ2) is 6.12. The average Bonchev–Trinajstić information content (AvgIpc) is 2.29. The molecule has 1 unspecified atom stereocenters. The Balaban J connectivity index is 2.93. The molecule has 0 saturated carbocycles. The summed E-state index contributed by atoms with van der Waals surface area (Å²) < 4.78 is 5.92. The van der Waals surface area contributed by atoms with Gasteiger partial charge in [-0.15, -0.1) is 0 Å². The summed E-state index contributed by atoms with van der Waals surface area (Å²) >= 11 is 0. The van der Waals surface area contributed by atoms with Crippen molar-refractivity contribution >= 4 is 0 Å². The van der Waals surface area contributed by atoms with Crippen LogP contribution in [0.15, 0.2) is 18.2 Å². The molecule has 1 aromatic carbocycles. The van der Waals surface area contributed by atoms with Gasteiger partial charge in [-0.25, -0.2) is 0 Å². The summed E-state index contributed by atoms with van der Waals surface area (Å²) in [5, 5.41) is 9.89. The molecule has 0 fully saturated rings. The molecule has 102 valence electrons. The Morgan fingerprint density at radius 2 is 1.89 bits per heavy atom. The summed E-state index contributed by atoms with van der Waals surface area (Å²) in [5.41, 5.74) is 1.25. The van der Waals surface area contributed by atoms with E-state index in [1.54, 1.807) is 6.07 Å². The van der Waals surface area contributed by atoms with Crippen LogP contribution in [0.25, 0.3) is 0 Å². The van der Waals surface area contributed by atoms with Crippen LogP contribution in [0.2, 0.25) is 0 Å².